The molecule has 0 radical (unpaired) electrons. The molecule has 0 amide bonds. The van der Waals surface area contributed by atoms with Crippen molar-refractivity contribution in [3.63, 3.8) is 0 Å². The van der Waals surface area contributed by atoms with E-state index in [-0.39, 0.29) is 0 Å². The molecule has 0 fully saturated rings. The molecule has 0 atom stereocenters. The van der Waals surface area contributed by atoms with E-state index in [0.29, 0.717) is 0 Å². The molecule has 0 aliphatic carbocycles. The van der Waals surface area contributed by atoms with Gasteiger partial charge in [0.2, 0.25) is 0 Å². The lowest BCUT2D eigenvalue weighted by Gasteiger charge is -2.13. The lowest BCUT2D eigenvalue weighted by atomic mass is 9.91. The Hall–Kier alpha value is -5.98. The van der Waals surface area contributed by atoms with Crippen LogP contribution in [0.4, 0.5) is 0 Å². The van der Waals surface area contributed by atoms with Crippen molar-refractivity contribution in [2.45, 2.75) is 130 Å². The van der Waals surface area contributed by atoms with Gasteiger partial charge in [-0.3, -0.25) is 0 Å². The minimum Gasteiger partial charge on any atom is -0.0654 e. The standard InChI is InChI=1S/C66H70/c1-5-9-13-19-57-47-27-35-51(36-28-47)61-23-17-25-63-53-39-31-49(32-40-53)59(21-15-11-7-3)60(22-16-12-8-4)50-33-41-54(42-34-50)64-26-18-24-62(66(64)56-45-43-55(44-46-56)65(61)63)52-37-29-48(30-38-52)58(57)20-14-10-6-2/h17-18,23-46H,5-16,19-22H2,1-4H3. The SMILES string of the molecule is CCCCCc1c(CCCCC)c2ccc(cc2)c2cccc3c4ccc(cc4)c(CCCCC)c(CCCCC)c4ccc(cc4)c4cccc(c5ccc1cc5)c4c1ccc(cc1)c23. The Kier molecular flexibility index (Phi) is 14.8. The summed E-state index contributed by atoms with van der Waals surface area (Å²) in [4.78, 5) is 0. The molecular formula is C66H70. The third-order valence-electron chi connectivity index (χ3n) is 14.6. The molecule has 0 heteroatoms. The average Bonchev–Trinajstić information content (AvgIpc) is 3.37. The van der Waals surface area contributed by atoms with Gasteiger partial charge < -0.3 is 0 Å². The molecule has 12 bridgehead atoms. The van der Waals surface area contributed by atoms with Crippen LogP contribution in [0.3, 0.4) is 0 Å². The van der Waals surface area contributed by atoms with Crippen LogP contribution in [0, 0.1) is 0 Å². The largest absolute Gasteiger partial charge is 0.0654 e. The summed E-state index contributed by atoms with van der Waals surface area (Å²) in [6.45, 7) is 9.29. The number of rotatable bonds is 16. The Bertz CT molecular complexity index is 2800. The van der Waals surface area contributed by atoms with Gasteiger partial charge in [-0.25, -0.2) is 0 Å². The zero-order valence-electron chi connectivity index (χ0n) is 40.3. The minimum atomic E-state index is 1.10. The summed E-state index contributed by atoms with van der Waals surface area (Å²) in [5.41, 5.74) is 6.09. The summed E-state index contributed by atoms with van der Waals surface area (Å²) in [5.74, 6) is 0. The van der Waals surface area contributed by atoms with Crippen molar-refractivity contribution in [1.82, 2.24) is 0 Å². The van der Waals surface area contributed by atoms with E-state index in [4.69, 9.17) is 0 Å². The first-order valence-corrected chi connectivity index (χ1v) is 25.8. The van der Waals surface area contributed by atoms with Gasteiger partial charge in [0.25, 0.3) is 0 Å². The van der Waals surface area contributed by atoms with Gasteiger partial charge in [0.1, 0.15) is 0 Å². The molecule has 0 spiro atoms. The van der Waals surface area contributed by atoms with Gasteiger partial charge in [0.05, 0.1) is 0 Å². The van der Waals surface area contributed by atoms with Crippen LogP contribution in [-0.4, -0.2) is 0 Å². The quantitative estimate of drug-likeness (QED) is 0.0849. The Labute approximate surface area is 394 Å². The summed E-state index contributed by atoms with van der Waals surface area (Å²) >= 11 is 0. The first-order valence-electron chi connectivity index (χ1n) is 25.8. The molecule has 0 saturated heterocycles. The molecule has 0 heterocycles. The van der Waals surface area contributed by atoms with Crippen molar-refractivity contribution in [1.29, 1.82) is 0 Å². The molecule has 0 N–H and O–H groups in total. The van der Waals surface area contributed by atoms with Gasteiger partial charge in [-0.05, 0) is 160 Å². The van der Waals surface area contributed by atoms with Crippen LogP contribution in [0.2, 0.25) is 0 Å². The van der Waals surface area contributed by atoms with Crippen molar-refractivity contribution >= 4 is 86.2 Å². The Morgan fingerprint density at radius 1 is 0.212 bits per heavy atom. The maximum absolute atomic E-state index is 2.43. The Balaban J connectivity index is 1.49. The number of aryl methyl sites for hydroxylation is 4. The first kappa shape index (κ1) is 45.2. The highest BCUT2D eigenvalue weighted by molar-refractivity contribution is 6.21. The van der Waals surface area contributed by atoms with Gasteiger partial charge in [-0.15, -0.1) is 0 Å². The van der Waals surface area contributed by atoms with Crippen molar-refractivity contribution in [3.8, 4) is 0 Å². The van der Waals surface area contributed by atoms with E-state index in [9.17, 15) is 0 Å². The number of unbranched alkanes of at least 4 members (excludes halogenated alkanes) is 8. The fraction of sp³-hybridized carbons (Fsp3) is 0.303. The number of benzene rings is 7. The number of hydrogen-bond acceptors (Lipinski definition) is 0. The summed E-state index contributed by atoms with van der Waals surface area (Å²) in [6, 6.07) is 62.2. The van der Waals surface area contributed by atoms with Crippen LogP contribution in [0.15, 0.2) is 158 Å². The van der Waals surface area contributed by atoms with Crippen molar-refractivity contribution in [2.75, 3.05) is 0 Å². The Morgan fingerprint density at radius 2 is 0.409 bits per heavy atom. The predicted molar refractivity (Wildman–Crippen MR) is 295 cm³/mol. The fourth-order valence-electron chi connectivity index (χ4n) is 11.0. The van der Waals surface area contributed by atoms with E-state index in [1.54, 1.807) is 0 Å². The molecular weight excluding hydrogens is 793 g/mol. The summed E-state index contributed by atoms with van der Waals surface area (Å²) in [5, 5.41) is 20.7. The van der Waals surface area contributed by atoms with Gasteiger partial charge in [-0.2, -0.15) is 0 Å². The predicted octanol–water partition coefficient (Wildman–Crippen LogP) is 20.1. The number of fused-ring (bicyclic) bond motifs is 4. The zero-order chi connectivity index (χ0) is 45.2. The van der Waals surface area contributed by atoms with Crippen LogP contribution in [-0.2, 0) is 25.7 Å². The summed E-state index contributed by atoms with van der Waals surface area (Å²) < 4.78 is 0. The molecule has 0 unspecified atom stereocenters. The molecule has 0 saturated carbocycles. The molecule has 15 aromatic rings. The van der Waals surface area contributed by atoms with Gasteiger partial charge >= 0.3 is 0 Å². The molecule has 334 valence electrons. The van der Waals surface area contributed by atoms with Crippen molar-refractivity contribution in [3.05, 3.63) is 180 Å². The Morgan fingerprint density at radius 3 is 0.621 bits per heavy atom. The topological polar surface area (TPSA) is 0 Å². The lowest BCUT2D eigenvalue weighted by Crippen LogP contribution is -1.96. The lowest BCUT2D eigenvalue weighted by molar-refractivity contribution is 0.698. The van der Waals surface area contributed by atoms with Gasteiger partial charge in [-0.1, -0.05) is 237 Å². The minimum absolute atomic E-state index is 1.10. The third-order valence-corrected chi connectivity index (χ3v) is 14.6. The van der Waals surface area contributed by atoms with Gasteiger partial charge in [0.15, 0.2) is 0 Å². The van der Waals surface area contributed by atoms with Crippen LogP contribution < -0.4 is 0 Å². The van der Waals surface area contributed by atoms with Crippen LogP contribution >= 0.6 is 0 Å². The fourth-order valence-corrected chi connectivity index (χ4v) is 11.0. The molecule has 0 nitrogen and oxygen atoms in total. The highest BCUT2D eigenvalue weighted by Crippen LogP contribution is 2.36. The molecule has 0 aliphatic heterocycles. The molecule has 66 heavy (non-hydrogen) atoms. The highest BCUT2D eigenvalue weighted by atomic mass is 14.2. The first-order chi connectivity index (χ1) is 32.6. The molecule has 0 aliphatic rings. The van der Waals surface area contributed by atoms with Crippen LogP contribution in [0.1, 0.15) is 127 Å². The zero-order valence-corrected chi connectivity index (χ0v) is 40.3. The van der Waals surface area contributed by atoms with Crippen LogP contribution in [0.5, 0.6) is 0 Å². The van der Waals surface area contributed by atoms with E-state index in [0.717, 1.165) is 25.7 Å². The summed E-state index contributed by atoms with van der Waals surface area (Å²) in [7, 11) is 0. The second-order valence-corrected chi connectivity index (χ2v) is 19.1. The maximum Gasteiger partial charge on any atom is -0.00268 e. The second kappa shape index (κ2) is 21.5. The normalized spacial score (nSPS) is 11.7. The van der Waals surface area contributed by atoms with E-state index in [2.05, 4.69) is 185 Å². The van der Waals surface area contributed by atoms with Crippen molar-refractivity contribution in [2.24, 2.45) is 0 Å². The van der Waals surface area contributed by atoms with Crippen molar-refractivity contribution < 1.29 is 0 Å². The summed E-state index contributed by atoms with van der Waals surface area (Å²) in [6.07, 6.45) is 19.1. The second-order valence-electron chi connectivity index (χ2n) is 19.1. The van der Waals surface area contributed by atoms with Gasteiger partial charge in [0, 0.05) is 0 Å². The number of hydrogen-bond donors (Lipinski definition) is 0. The average molecular weight is 863 g/mol. The van der Waals surface area contributed by atoms with E-state index in [1.165, 1.54) is 185 Å². The van der Waals surface area contributed by atoms with E-state index >= 15 is 0 Å². The molecule has 15 rings (SSSR count). The maximum atomic E-state index is 2.43. The van der Waals surface area contributed by atoms with Crippen LogP contribution in [0.25, 0.3) is 86.2 Å². The molecule has 15 aromatic carbocycles. The smallest absolute Gasteiger partial charge is 0.00268 e. The third kappa shape index (κ3) is 9.62. The van der Waals surface area contributed by atoms with E-state index < -0.39 is 0 Å². The monoisotopic (exact) mass is 863 g/mol. The van der Waals surface area contributed by atoms with E-state index in [1.807, 2.05) is 0 Å². The molecule has 0 aromatic heterocycles. The highest BCUT2D eigenvalue weighted by Gasteiger charge is 2.12.